The van der Waals surface area contributed by atoms with Crippen molar-refractivity contribution in [1.82, 2.24) is 4.90 Å². The van der Waals surface area contributed by atoms with E-state index in [-0.39, 0.29) is 12.0 Å². The van der Waals surface area contributed by atoms with Gasteiger partial charge in [0, 0.05) is 12.2 Å². The summed E-state index contributed by atoms with van der Waals surface area (Å²) in [7, 11) is 0. The topological polar surface area (TPSA) is 38.8 Å². The Morgan fingerprint density at radius 2 is 2.25 bits per heavy atom. The van der Waals surface area contributed by atoms with Crippen molar-refractivity contribution in [2.24, 2.45) is 0 Å². The van der Waals surface area contributed by atoms with Gasteiger partial charge in [0.05, 0.1) is 17.6 Å². The molecule has 3 heterocycles. The minimum Gasteiger partial charge on any atom is -0.488 e. The molecule has 4 rings (SSSR count). The van der Waals surface area contributed by atoms with Gasteiger partial charge in [0.1, 0.15) is 16.7 Å². The molecule has 3 aliphatic heterocycles. The van der Waals surface area contributed by atoms with Crippen LogP contribution in [-0.4, -0.2) is 41.0 Å². The SMILES string of the molecule is O=C1/C(=C/C2=Cc3ccccc3OC2)SC(=S)N1CC1CCCO1. The highest BCUT2D eigenvalue weighted by Crippen LogP contribution is 2.34. The van der Waals surface area contributed by atoms with E-state index in [0.29, 0.717) is 22.4 Å². The van der Waals surface area contributed by atoms with Crippen molar-refractivity contribution in [2.75, 3.05) is 19.8 Å². The number of hydrogen-bond donors (Lipinski definition) is 0. The van der Waals surface area contributed by atoms with E-state index in [1.165, 1.54) is 11.8 Å². The number of carbonyl (C=O) groups is 1. The first-order chi connectivity index (χ1) is 11.7. The Kier molecular flexibility index (Phi) is 4.43. The average Bonchev–Trinajstić information content (AvgIpc) is 3.19. The molecule has 0 spiro atoms. The molecule has 3 aliphatic rings. The first-order valence-corrected chi connectivity index (χ1v) is 9.22. The van der Waals surface area contributed by atoms with Crippen LogP contribution in [0.3, 0.4) is 0 Å². The smallest absolute Gasteiger partial charge is 0.266 e. The first-order valence-electron chi connectivity index (χ1n) is 8.00. The zero-order valence-electron chi connectivity index (χ0n) is 13.1. The molecule has 0 saturated carbocycles. The molecule has 0 bridgehead atoms. The van der Waals surface area contributed by atoms with Crippen molar-refractivity contribution in [3.05, 3.63) is 46.4 Å². The molecular formula is C18H17NO3S2. The fourth-order valence-electron chi connectivity index (χ4n) is 3.03. The molecule has 0 aromatic heterocycles. The fourth-order valence-corrected chi connectivity index (χ4v) is 4.33. The van der Waals surface area contributed by atoms with Crippen LogP contribution in [0.1, 0.15) is 18.4 Å². The molecule has 1 aromatic carbocycles. The van der Waals surface area contributed by atoms with Crippen molar-refractivity contribution in [2.45, 2.75) is 18.9 Å². The van der Waals surface area contributed by atoms with Gasteiger partial charge in [-0.2, -0.15) is 0 Å². The number of para-hydroxylation sites is 1. The van der Waals surface area contributed by atoms with Gasteiger partial charge in [0.25, 0.3) is 5.91 Å². The van der Waals surface area contributed by atoms with Crippen molar-refractivity contribution < 1.29 is 14.3 Å². The number of carbonyl (C=O) groups excluding carboxylic acids is 1. The van der Waals surface area contributed by atoms with E-state index in [4.69, 9.17) is 21.7 Å². The highest BCUT2D eigenvalue weighted by Gasteiger charge is 2.34. The van der Waals surface area contributed by atoms with Gasteiger partial charge in [0.2, 0.25) is 0 Å². The second-order valence-electron chi connectivity index (χ2n) is 5.97. The Hall–Kier alpha value is -1.63. The van der Waals surface area contributed by atoms with Gasteiger partial charge in [-0.05, 0) is 36.6 Å². The summed E-state index contributed by atoms with van der Waals surface area (Å²) in [6.07, 6.45) is 6.11. The summed E-state index contributed by atoms with van der Waals surface area (Å²) in [5.74, 6) is 0.848. The Morgan fingerprint density at radius 3 is 3.08 bits per heavy atom. The zero-order valence-corrected chi connectivity index (χ0v) is 14.7. The van der Waals surface area contributed by atoms with Crippen LogP contribution in [0.25, 0.3) is 6.08 Å². The Morgan fingerprint density at radius 1 is 1.38 bits per heavy atom. The molecule has 1 unspecified atom stereocenters. The number of nitrogens with zero attached hydrogens (tertiary/aromatic N) is 1. The van der Waals surface area contributed by atoms with E-state index in [9.17, 15) is 4.79 Å². The predicted octanol–water partition coefficient (Wildman–Crippen LogP) is 3.39. The second kappa shape index (κ2) is 6.70. The monoisotopic (exact) mass is 359 g/mol. The van der Waals surface area contributed by atoms with E-state index < -0.39 is 0 Å². The van der Waals surface area contributed by atoms with Crippen molar-refractivity contribution >= 4 is 40.3 Å². The third-order valence-electron chi connectivity index (χ3n) is 4.25. The molecular weight excluding hydrogens is 342 g/mol. The zero-order chi connectivity index (χ0) is 16.5. The normalized spacial score (nSPS) is 25.0. The third kappa shape index (κ3) is 3.14. The van der Waals surface area contributed by atoms with Crippen LogP contribution < -0.4 is 4.74 Å². The summed E-state index contributed by atoms with van der Waals surface area (Å²) in [5, 5.41) is 0. The number of thioether (sulfide) groups is 1. The van der Waals surface area contributed by atoms with Gasteiger partial charge in [-0.3, -0.25) is 9.69 Å². The molecule has 4 nitrogen and oxygen atoms in total. The minimum absolute atomic E-state index is 0.0275. The minimum atomic E-state index is -0.0275. The number of ether oxygens (including phenoxy) is 2. The van der Waals surface area contributed by atoms with Gasteiger partial charge >= 0.3 is 0 Å². The molecule has 0 aliphatic carbocycles. The van der Waals surface area contributed by atoms with Crippen LogP contribution in [0, 0.1) is 0 Å². The van der Waals surface area contributed by atoms with Crippen LogP contribution >= 0.6 is 24.0 Å². The van der Waals surface area contributed by atoms with Gasteiger partial charge < -0.3 is 9.47 Å². The number of amides is 1. The Bertz CT molecular complexity index is 750. The van der Waals surface area contributed by atoms with Gasteiger partial charge in [0.15, 0.2) is 0 Å². The lowest BCUT2D eigenvalue weighted by Crippen LogP contribution is -2.35. The highest BCUT2D eigenvalue weighted by molar-refractivity contribution is 8.26. The van der Waals surface area contributed by atoms with Crippen molar-refractivity contribution in [3.8, 4) is 5.75 Å². The van der Waals surface area contributed by atoms with Crippen LogP contribution in [0.2, 0.25) is 0 Å². The Balaban J connectivity index is 1.52. The molecule has 2 saturated heterocycles. The fraction of sp³-hybridized carbons (Fsp3) is 0.333. The van der Waals surface area contributed by atoms with Crippen LogP contribution in [0.4, 0.5) is 0 Å². The summed E-state index contributed by atoms with van der Waals surface area (Å²) in [6, 6.07) is 7.88. The number of rotatable bonds is 3. The number of fused-ring (bicyclic) bond motifs is 1. The average molecular weight is 359 g/mol. The third-order valence-corrected chi connectivity index (χ3v) is 5.63. The molecule has 1 atom stereocenters. The molecule has 124 valence electrons. The molecule has 2 fully saturated rings. The van der Waals surface area contributed by atoms with Gasteiger partial charge in [-0.25, -0.2) is 0 Å². The van der Waals surface area contributed by atoms with E-state index in [1.54, 1.807) is 4.90 Å². The maximum atomic E-state index is 12.6. The van der Waals surface area contributed by atoms with Gasteiger partial charge in [-0.1, -0.05) is 42.2 Å². The second-order valence-corrected chi connectivity index (χ2v) is 7.65. The molecule has 0 N–H and O–H groups in total. The number of thiocarbonyl (C=S) groups is 1. The lowest BCUT2D eigenvalue weighted by molar-refractivity contribution is -0.123. The maximum Gasteiger partial charge on any atom is 0.266 e. The largest absolute Gasteiger partial charge is 0.488 e. The predicted molar refractivity (Wildman–Crippen MR) is 98.9 cm³/mol. The number of benzene rings is 1. The summed E-state index contributed by atoms with van der Waals surface area (Å²) < 4.78 is 12.0. The molecule has 6 heteroatoms. The summed E-state index contributed by atoms with van der Waals surface area (Å²) in [5.41, 5.74) is 2.01. The standard InChI is InChI=1S/C18H17NO3S2/c20-17-16(24-18(23)19(17)10-14-5-3-7-21-14)9-12-8-13-4-1-2-6-15(13)22-11-12/h1-2,4,6,8-9,14H,3,5,7,10-11H2/b16-9-. The lowest BCUT2D eigenvalue weighted by atomic mass is 10.1. The summed E-state index contributed by atoms with van der Waals surface area (Å²) >= 11 is 6.74. The van der Waals surface area contributed by atoms with E-state index in [0.717, 1.165) is 36.3 Å². The van der Waals surface area contributed by atoms with E-state index >= 15 is 0 Å². The van der Waals surface area contributed by atoms with Crippen LogP contribution in [-0.2, 0) is 9.53 Å². The van der Waals surface area contributed by atoms with Crippen molar-refractivity contribution in [3.63, 3.8) is 0 Å². The van der Waals surface area contributed by atoms with Gasteiger partial charge in [-0.15, -0.1) is 0 Å². The molecule has 1 aromatic rings. The quantitative estimate of drug-likeness (QED) is 0.611. The lowest BCUT2D eigenvalue weighted by Gasteiger charge is -2.18. The first kappa shape index (κ1) is 15.9. The maximum absolute atomic E-state index is 12.6. The Labute approximate surface area is 150 Å². The molecule has 24 heavy (non-hydrogen) atoms. The van der Waals surface area contributed by atoms with E-state index in [2.05, 4.69) is 6.08 Å². The van der Waals surface area contributed by atoms with Crippen LogP contribution in [0.5, 0.6) is 5.75 Å². The van der Waals surface area contributed by atoms with E-state index in [1.807, 2.05) is 30.3 Å². The van der Waals surface area contributed by atoms with Crippen molar-refractivity contribution in [1.29, 1.82) is 0 Å². The summed E-state index contributed by atoms with van der Waals surface area (Å²) in [6.45, 7) is 1.80. The van der Waals surface area contributed by atoms with Crippen LogP contribution in [0.15, 0.2) is 40.8 Å². The summed E-state index contributed by atoms with van der Waals surface area (Å²) in [4.78, 5) is 15.0. The number of hydrogen-bond acceptors (Lipinski definition) is 5. The molecule has 1 amide bonds. The highest BCUT2D eigenvalue weighted by atomic mass is 32.2. The molecule has 0 radical (unpaired) electrons.